The van der Waals surface area contributed by atoms with Crippen LogP contribution < -0.4 is 21.9 Å². The summed E-state index contributed by atoms with van der Waals surface area (Å²) in [5.41, 5.74) is 4.93. The largest absolute Gasteiger partial charge is 0.383 e. The van der Waals surface area contributed by atoms with Crippen molar-refractivity contribution in [1.82, 2.24) is 9.55 Å². The number of carbonyl (C=O) groups is 1. The summed E-state index contributed by atoms with van der Waals surface area (Å²) in [4.78, 5) is 42.3. The SMILES string of the molecule is CCCCn1c(N)c(N(CCOC)C(=O)CCSc2ccccc2Br)c(=O)[nH]c1=O. The number of nitrogens with zero attached hydrogens (tertiary/aromatic N) is 2. The first-order valence-corrected chi connectivity index (χ1v) is 11.5. The van der Waals surface area contributed by atoms with E-state index in [4.69, 9.17) is 10.5 Å². The number of methoxy groups -OCH3 is 1. The van der Waals surface area contributed by atoms with E-state index in [1.165, 1.54) is 28.3 Å². The van der Waals surface area contributed by atoms with Crippen LogP contribution in [-0.4, -0.2) is 41.5 Å². The van der Waals surface area contributed by atoms with Crippen LogP contribution in [0.2, 0.25) is 0 Å². The fraction of sp³-hybridized carbons (Fsp3) is 0.450. The van der Waals surface area contributed by atoms with Gasteiger partial charge in [-0.05, 0) is 34.5 Å². The number of ether oxygens (including phenoxy) is 1. The Morgan fingerprint density at radius 3 is 2.73 bits per heavy atom. The van der Waals surface area contributed by atoms with Gasteiger partial charge in [0.1, 0.15) is 5.82 Å². The Labute approximate surface area is 187 Å². The number of thioether (sulfide) groups is 1. The number of aromatic nitrogens is 2. The van der Waals surface area contributed by atoms with Gasteiger partial charge in [-0.2, -0.15) is 0 Å². The van der Waals surface area contributed by atoms with E-state index < -0.39 is 11.2 Å². The maximum atomic E-state index is 13.0. The van der Waals surface area contributed by atoms with Gasteiger partial charge in [-0.25, -0.2) is 4.79 Å². The molecule has 0 unspecified atom stereocenters. The molecule has 0 aliphatic heterocycles. The first-order chi connectivity index (χ1) is 14.4. The topological polar surface area (TPSA) is 110 Å². The Morgan fingerprint density at radius 2 is 2.07 bits per heavy atom. The highest BCUT2D eigenvalue weighted by atomic mass is 79.9. The molecule has 0 saturated carbocycles. The van der Waals surface area contributed by atoms with Gasteiger partial charge in [0.15, 0.2) is 5.69 Å². The van der Waals surface area contributed by atoms with E-state index in [9.17, 15) is 14.4 Å². The van der Waals surface area contributed by atoms with Crippen molar-refractivity contribution in [1.29, 1.82) is 0 Å². The molecular formula is C20H27BrN4O4S. The molecule has 0 saturated heterocycles. The van der Waals surface area contributed by atoms with E-state index in [1.54, 1.807) is 0 Å². The maximum Gasteiger partial charge on any atom is 0.330 e. The number of anilines is 2. The van der Waals surface area contributed by atoms with Gasteiger partial charge in [-0.15, -0.1) is 11.8 Å². The number of amides is 1. The van der Waals surface area contributed by atoms with Crippen molar-refractivity contribution < 1.29 is 9.53 Å². The molecule has 0 radical (unpaired) electrons. The third-order valence-corrected chi connectivity index (χ3v) is 6.48. The number of rotatable bonds is 11. The summed E-state index contributed by atoms with van der Waals surface area (Å²) in [6.45, 7) is 2.75. The third-order valence-electron chi connectivity index (χ3n) is 4.45. The zero-order valence-corrected chi connectivity index (χ0v) is 19.6. The lowest BCUT2D eigenvalue weighted by atomic mass is 10.3. The number of hydrogen-bond acceptors (Lipinski definition) is 6. The second-order valence-electron chi connectivity index (χ2n) is 6.57. The number of aromatic amines is 1. The molecule has 3 N–H and O–H groups in total. The minimum Gasteiger partial charge on any atom is -0.383 e. The van der Waals surface area contributed by atoms with Gasteiger partial charge in [0.05, 0.1) is 6.61 Å². The van der Waals surface area contributed by atoms with E-state index in [2.05, 4.69) is 20.9 Å². The van der Waals surface area contributed by atoms with Crippen molar-refractivity contribution in [3.63, 3.8) is 0 Å². The quantitative estimate of drug-likeness (QED) is 0.460. The fourth-order valence-corrected chi connectivity index (χ4v) is 4.37. The average Bonchev–Trinajstić information content (AvgIpc) is 2.71. The van der Waals surface area contributed by atoms with Crippen LogP contribution in [0, 0.1) is 0 Å². The van der Waals surface area contributed by atoms with Gasteiger partial charge in [0, 0.05) is 41.7 Å². The Bertz CT molecular complexity index is 976. The Hall–Kier alpha value is -2.04. The molecule has 1 aromatic carbocycles. The molecule has 1 heterocycles. The molecule has 1 aromatic heterocycles. The van der Waals surface area contributed by atoms with Crippen LogP contribution in [0.5, 0.6) is 0 Å². The molecule has 8 nitrogen and oxygen atoms in total. The molecule has 0 bridgehead atoms. The lowest BCUT2D eigenvalue weighted by Gasteiger charge is -2.24. The number of benzene rings is 1. The summed E-state index contributed by atoms with van der Waals surface area (Å²) in [6.07, 6.45) is 1.78. The summed E-state index contributed by atoms with van der Waals surface area (Å²) in [6, 6.07) is 7.76. The van der Waals surface area contributed by atoms with Crippen LogP contribution in [0.15, 0.2) is 43.2 Å². The van der Waals surface area contributed by atoms with E-state index in [1.807, 2.05) is 31.2 Å². The molecule has 0 aliphatic rings. The highest BCUT2D eigenvalue weighted by Gasteiger charge is 2.24. The summed E-state index contributed by atoms with van der Waals surface area (Å²) in [5.74, 6) is 0.266. The number of H-pyrrole nitrogens is 1. The number of nitrogen functional groups attached to an aromatic ring is 1. The summed E-state index contributed by atoms with van der Waals surface area (Å²) in [7, 11) is 1.52. The number of halogens is 1. The standard InChI is InChI=1S/C20H27BrN4O4S/c1-3-4-10-25-18(22)17(19(27)23-20(25)28)24(11-12-29-2)16(26)9-13-30-15-8-6-5-7-14(15)21/h5-8H,3-4,9-13,22H2,1-2H3,(H,23,27,28). The van der Waals surface area contributed by atoms with Gasteiger partial charge in [0.2, 0.25) is 5.91 Å². The average molecular weight is 499 g/mol. The van der Waals surface area contributed by atoms with Crippen LogP contribution >= 0.6 is 27.7 Å². The summed E-state index contributed by atoms with van der Waals surface area (Å²) in [5, 5.41) is 0. The zero-order chi connectivity index (χ0) is 22.1. The molecule has 0 atom stereocenters. The monoisotopic (exact) mass is 498 g/mol. The molecule has 164 valence electrons. The Balaban J connectivity index is 2.26. The van der Waals surface area contributed by atoms with Crippen LogP contribution in [-0.2, 0) is 16.1 Å². The van der Waals surface area contributed by atoms with Crippen LogP contribution in [0.4, 0.5) is 11.5 Å². The van der Waals surface area contributed by atoms with Crippen molar-refractivity contribution in [2.24, 2.45) is 0 Å². The third kappa shape index (κ3) is 6.23. The smallest absolute Gasteiger partial charge is 0.330 e. The van der Waals surface area contributed by atoms with Crippen molar-refractivity contribution in [3.8, 4) is 0 Å². The van der Waals surface area contributed by atoms with Crippen LogP contribution in [0.1, 0.15) is 26.2 Å². The Kier molecular flexibility index (Phi) is 9.67. The molecule has 0 fully saturated rings. The van der Waals surface area contributed by atoms with Gasteiger partial charge >= 0.3 is 5.69 Å². The normalized spacial score (nSPS) is 10.9. The number of nitrogens with two attached hydrogens (primary N) is 1. The van der Waals surface area contributed by atoms with Crippen molar-refractivity contribution in [2.75, 3.05) is 36.6 Å². The number of nitrogens with one attached hydrogen (secondary N) is 1. The first kappa shape index (κ1) is 24.2. The molecular weight excluding hydrogens is 472 g/mol. The predicted octanol–water partition coefficient (Wildman–Crippen LogP) is 2.84. The minimum atomic E-state index is -0.673. The van der Waals surface area contributed by atoms with E-state index in [0.29, 0.717) is 12.3 Å². The van der Waals surface area contributed by atoms with Gasteiger partial charge in [0.25, 0.3) is 5.56 Å². The van der Waals surface area contributed by atoms with E-state index in [0.717, 1.165) is 22.2 Å². The van der Waals surface area contributed by atoms with Crippen LogP contribution in [0.3, 0.4) is 0 Å². The van der Waals surface area contributed by atoms with E-state index in [-0.39, 0.29) is 37.0 Å². The first-order valence-electron chi connectivity index (χ1n) is 9.69. The fourth-order valence-electron chi connectivity index (χ4n) is 2.87. The van der Waals surface area contributed by atoms with Gasteiger partial charge < -0.3 is 15.4 Å². The Morgan fingerprint density at radius 1 is 1.33 bits per heavy atom. The number of carbonyl (C=O) groups excluding carboxylic acids is 1. The summed E-state index contributed by atoms with van der Waals surface area (Å²) < 4.78 is 7.37. The molecule has 2 aromatic rings. The van der Waals surface area contributed by atoms with Crippen LogP contribution in [0.25, 0.3) is 0 Å². The lowest BCUT2D eigenvalue weighted by Crippen LogP contribution is -2.42. The molecule has 10 heteroatoms. The molecule has 0 spiro atoms. The second kappa shape index (κ2) is 12.0. The van der Waals surface area contributed by atoms with Crippen molar-refractivity contribution in [3.05, 3.63) is 49.6 Å². The molecule has 1 amide bonds. The van der Waals surface area contributed by atoms with Crippen molar-refractivity contribution >= 4 is 45.1 Å². The highest BCUT2D eigenvalue weighted by molar-refractivity contribution is 9.10. The summed E-state index contributed by atoms with van der Waals surface area (Å²) >= 11 is 5.03. The minimum absolute atomic E-state index is 0.000102. The molecule has 0 aliphatic carbocycles. The van der Waals surface area contributed by atoms with E-state index >= 15 is 0 Å². The number of hydrogen-bond donors (Lipinski definition) is 2. The number of unbranched alkanes of at least 4 members (excludes halogenated alkanes) is 1. The maximum absolute atomic E-state index is 13.0. The molecule has 2 rings (SSSR count). The molecule has 30 heavy (non-hydrogen) atoms. The van der Waals surface area contributed by atoms with Gasteiger partial charge in [-0.3, -0.25) is 19.1 Å². The lowest BCUT2D eigenvalue weighted by molar-refractivity contribution is -0.118. The predicted molar refractivity (Wildman–Crippen MR) is 124 cm³/mol. The van der Waals surface area contributed by atoms with Gasteiger partial charge in [-0.1, -0.05) is 25.5 Å². The highest BCUT2D eigenvalue weighted by Crippen LogP contribution is 2.28. The van der Waals surface area contributed by atoms with Crippen molar-refractivity contribution in [2.45, 2.75) is 37.6 Å². The second-order valence-corrected chi connectivity index (χ2v) is 8.56. The zero-order valence-electron chi connectivity index (χ0n) is 17.2.